The van der Waals surface area contributed by atoms with Crippen molar-refractivity contribution in [1.29, 1.82) is 0 Å². The first-order chi connectivity index (χ1) is 14.7. The molecule has 30 heavy (non-hydrogen) atoms. The fourth-order valence-corrected chi connectivity index (χ4v) is 2.77. The molecule has 0 fully saturated rings. The first-order valence-electron chi connectivity index (χ1n) is 9.95. The molecule has 0 aliphatic rings. The highest BCUT2D eigenvalue weighted by Crippen LogP contribution is 2.28. The van der Waals surface area contributed by atoms with Crippen LogP contribution in [0.15, 0.2) is 67.0 Å². The van der Waals surface area contributed by atoms with Crippen LogP contribution in [-0.4, -0.2) is 24.6 Å². The summed E-state index contributed by atoms with van der Waals surface area (Å²) in [5.41, 5.74) is 1.49. The van der Waals surface area contributed by atoms with E-state index in [1.165, 1.54) is 0 Å². The minimum atomic E-state index is -0.162. The van der Waals surface area contributed by atoms with E-state index in [1.54, 1.807) is 49.8 Å². The highest BCUT2D eigenvalue weighted by molar-refractivity contribution is 5.94. The van der Waals surface area contributed by atoms with Crippen molar-refractivity contribution in [2.45, 2.75) is 26.3 Å². The predicted molar refractivity (Wildman–Crippen MR) is 115 cm³/mol. The smallest absolute Gasteiger partial charge is 0.251 e. The van der Waals surface area contributed by atoms with Crippen molar-refractivity contribution in [2.24, 2.45) is 0 Å². The molecule has 0 radical (unpaired) electrons. The van der Waals surface area contributed by atoms with Crippen LogP contribution in [0.3, 0.4) is 0 Å². The average Bonchev–Trinajstić information content (AvgIpc) is 2.79. The van der Waals surface area contributed by atoms with E-state index in [4.69, 9.17) is 14.2 Å². The second kappa shape index (κ2) is 10.9. The summed E-state index contributed by atoms with van der Waals surface area (Å²) in [6.45, 7) is 3.16. The Morgan fingerprint density at radius 1 is 1.03 bits per heavy atom. The number of aromatic nitrogens is 1. The van der Waals surface area contributed by atoms with E-state index in [2.05, 4.69) is 17.2 Å². The third-order valence-electron chi connectivity index (χ3n) is 4.42. The molecule has 1 aromatic heterocycles. The molecule has 0 unspecified atom stereocenters. The lowest BCUT2D eigenvalue weighted by atomic mass is 10.1. The Kier molecular flexibility index (Phi) is 7.66. The molecule has 3 aromatic rings. The summed E-state index contributed by atoms with van der Waals surface area (Å²) >= 11 is 0. The number of nitrogens with zero attached hydrogens (tertiary/aromatic N) is 1. The molecule has 0 bridgehead atoms. The van der Waals surface area contributed by atoms with Crippen LogP contribution >= 0.6 is 0 Å². The van der Waals surface area contributed by atoms with Gasteiger partial charge >= 0.3 is 0 Å². The Hall–Kier alpha value is -3.54. The van der Waals surface area contributed by atoms with Gasteiger partial charge in [0, 0.05) is 18.3 Å². The Bertz CT molecular complexity index is 943. The minimum Gasteiger partial charge on any atom is -0.493 e. The highest BCUT2D eigenvalue weighted by Gasteiger charge is 2.09. The van der Waals surface area contributed by atoms with Gasteiger partial charge in [0.05, 0.1) is 19.9 Å². The number of unbranched alkanes of at least 4 members (excludes halogenated alkanes) is 1. The van der Waals surface area contributed by atoms with Crippen LogP contribution < -0.4 is 19.5 Å². The van der Waals surface area contributed by atoms with Gasteiger partial charge in [0.25, 0.3) is 5.91 Å². The first kappa shape index (κ1) is 21.2. The Balaban J connectivity index is 1.56. The molecule has 6 nitrogen and oxygen atoms in total. The van der Waals surface area contributed by atoms with Crippen LogP contribution in [0.4, 0.5) is 0 Å². The van der Waals surface area contributed by atoms with E-state index in [-0.39, 0.29) is 5.91 Å². The Morgan fingerprint density at radius 3 is 2.57 bits per heavy atom. The summed E-state index contributed by atoms with van der Waals surface area (Å²) < 4.78 is 16.9. The van der Waals surface area contributed by atoms with Crippen molar-refractivity contribution in [2.75, 3.05) is 13.7 Å². The molecule has 0 saturated heterocycles. The molecule has 1 N–H and O–H groups in total. The molecule has 0 spiro atoms. The zero-order valence-corrected chi connectivity index (χ0v) is 17.3. The molecular weight excluding hydrogens is 380 g/mol. The van der Waals surface area contributed by atoms with Crippen molar-refractivity contribution in [3.05, 3.63) is 78.1 Å². The van der Waals surface area contributed by atoms with Gasteiger partial charge in [0.15, 0.2) is 11.5 Å². The summed E-state index contributed by atoms with van der Waals surface area (Å²) in [5, 5.41) is 2.92. The van der Waals surface area contributed by atoms with Crippen LogP contribution in [0, 0.1) is 0 Å². The molecule has 1 heterocycles. The number of nitrogens with one attached hydrogen (secondary N) is 1. The summed E-state index contributed by atoms with van der Waals surface area (Å²) in [6, 6.07) is 16.3. The van der Waals surface area contributed by atoms with E-state index in [0.717, 1.165) is 18.4 Å². The first-order valence-corrected chi connectivity index (χ1v) is 9.95. The molecule has 3 rings (SSSR count). The lowest BCUT2D eigenvalue weighted by Crippen LogP contribution is -2.22. The molecule has 0 aliphatic heterocycles. The number of benzene rings is 2. The summed E-state index contributed by atoms with van der Waals surface area (Å²) in [5.74, 6) is 2.50. The van der Waals surface area contributed by atoms with Gasteiger partial charge in [-0.3, -0.25) is 9.78 Å². The van der Waals surface area contributed by atoms with E-state index in [0.29, 0.717) is 41.7 Å². The number of carbonyl (C=O) groups is 1. The van der Waals surface area contributed by atoms with Gasteiger partial charge < -0.3 is 19.5 Å². The standard InChI is InChI=1S/C24H26N2O4/c1-3-4-14-29-22-12-7-18(15-23(22)28-2)16-26-24(27)19-8-10-20(11-9-19)30-21-6-5-13-25-17-21/h5-13,15,17H,3-4,14,16H2,1-2H3,(H,26,27). The average molecular weight is 406 g/mol. The van der Waals surface area contributed by atoms with Crippen molar-refractivity contribution in [3.8, 4) is 23.0 Å². The normalized spacial score (nSPS) is 10.3. The SMILES string of the molecule is CCCCOc1ccc(CNC(=O)c2ccc(Oc3cccnc3)cc2)cc1OC. The van der Waals surface area contributed by atoms with E-state index in [1.807, 2.05) is 24.3 Å². The third kappa shape index (κ3) is 5.98. The van der Waals surface area contributed by atoms with Gasteiger partial charge in [-0.1, -0.05) is 19.4 Å². The fraction of sp³-hybridized carbons (Fsp3) is 0.250. The van der Waals surface area contributed by atoms with E-state index in [9.17, 15) is 4.79 Å². The fourth-order valence-electron chi connectivity index (χ4n) is 2.77. The van der Waals surface area contributed by atoms with Crippen LogP contribution in [0.1, 0.15) is 35.7 Å². The number of carbonyl (C=O) groups excluding carboxylic acids is 1. The molecular formula is C24H26N2O4. The van der Waals surface area contributed by atoms with Crippen molar-refractivity contribution in [1.82, 2.24) is 10.3 Å². The Labute approximate surface area is 176 Å². The van der Waals surface area contributed by atoms with E-state index >= 15 is 0 Å². The van der Waals surface area contributed by atoms with Gasteiger partial charge in [-0.25, -0.2) is 0 Å². The molecule has 1 amide bonds. The number of rotatable bonds is 10. The monoisotopic (exact) mass is 406 g/mol. The minimum absolute atomic E-state index is 0.162. The molecule has 0 aliphatic carbocycles. The number of ether oxygens (including phenoxy) is 3. The second-order valence-electron chi connectivity index (χ2n) is 6.69. The maximum Gasteiger partial charge on any atom is 0.251 e. The lowest BCUT2D eigenvalue weighted by molar-refractivity contribution is 0.0951. The van der Waals surface area contributed by atoms with Crippen molar-refractivity contribution >= 4 is 5.91 Å². The van der Waals surface area contributed by atoms with Gasteiger partial charge in [-0.15, -0.1) is 0 Å². The molecule has 6 heteroatoms. The number of hydrogen-bond acceptors (Lipinski definition) is 5. The van der Waals surface area contributed by atoms with Gasteiger partial charge in [0.1, 0.15) is 11.5 Å². The summed E-state index contributed by atoms with van der Waals surface area (Å²) in [4.78, 5) is 16.5. The summed E-state index contributed by atoms with van der Waals surface area (Å²) in [6.07, 6.45) is 5.38. The van der Waals surface area contributed by atoms with Crippen LogP contribution in [0.25, 0.3) is 0 Å². The zero-order valence-electron chi connectivity index (χ0n) is 17.3. The van der Waals surface area contributed by atoms with Gasteiger partial charge in [0.2, 0.25) is 0 Å². The number of methoxy groups -OCH3 is 1. The number of pyridine rings is 1. The molecule has 0 saturated carbocycles. The zero-order chi connectivity index (χ0) is 21.2. The van der Waals surface area contributed by atoms with Crippen molar-refractivity contribution < 1.29 is 19.0 Å². The Morgan fingerprint density at radius 2 is 1.87 bits per heavy atom. The third-order valence-corrected chi connectivity index (χ3v) is 4.42. The number of amides is 1. The van der Waals surface area contributed by atoms with Crippen LogP contribution in [-0.2, 0) is 6.54 Å². The second-order valence-corrected chi connectivity index (χ2v) is 6.69. The molecule has 0 atom stereocenters. The van der Waals surface area contributed by atoms with Crippen LogP contribution in [0.5, 0.6) is 23.0 Å². The maximum absolute atomic E-state index is 12.5. The van der Waals surface area contributed by atoms with Crippen LogP contribution in [0.2, 0.25) is 0 Å². The number of hydrogen-bond donors (Lipinski definition) is 1. The topological polar surface area (TPSA) is 69.7 Å². The molecule has 156 valence electrons. The van der Waals surface area contributed by atoms with E-state index < -0.39 is 0 Å². The predicted octanol–water partition coefficient (Wildman–Crippen LogP) is 4.99. The maximum atomic E-state index is 12.5. The largest absolute Gasteiger partial charge is 0.493 e. The quantitative estimate of drug-likeness (QED) is 0.480. The van der Waals surface area contributed by atoms with Gasteiger partial charge in [-0.2, -0.15) is 0 Å². The van der Waals surface area contributed by atoms with Gasteiger partial charge in [-0.05, 0) is 60.5 Å². The summed E-state index contributed by atoms with van der Waals surface area (Å²) in [7, 11) is 1.61. The lowest BCUT2D eigenvalue weighted by Gasteiger charge is -2.12. The molecule has 2 aromatic carbocycles. The van der Waals surface area contributed by atoms with Crippen molar-refractivity contribution in [3.63, 3.8) is 0 Å². The highest BCUT2D eigenvalue weighted by atomic mass is 16.5.